The zero-order chi connectivity index (χ0) is 13.0. The van der Waals surface area contributed by atoms with Gasteiger partial charge in [-0.2, -0.15) is 0 Å². The lowest BCUT2D eigenvalue weighted by molar-refractivity contribution is -0.130. The summed E-state index contributed by atoms with van der Waals surface area (Å²) in [6.07, 6.45) is 6.57. The Labute approximate surface area is 110 Å². The van der Waals surface area contributed by atoms with Crippen LogP contribution in [0.3, 0.4) is 0 Å². The Bertz CT molecular complexity index is 276. The van der Waals surface area contributed by atoms with E-state index in [-0.39, 0.29) is 11.9 Å². The molecule has 2 saturated heterocycles. The van der Waals surface area contributed by atoms with Crippen molar-refractivity contribution < 1.29 is 4.79 Å². The van der Waals surface area contributed by atoms with Crippen molar-refractivity contribution in [2.24, 2.45) is 5.73 Å². The highest BCUT2D eigenvalue weighted by atomic mass is 16.2. The topological polar surface area (TPSA) is 49.6 Å². The van der Waals surface area contributed by atoms with Gasteiger partial charge in [0.2, 0.25) is 5.91 Å². The summed E-state index contributed by atoms with van der Waals surface area (Å²) in [6, 6.07) is 0.638. The summed E-state index contributed by atoms with van der Waals surface area (Å²) in [6.45, 7) is 6.34. The second-order valence-electron chi connectivity index (χ2n) is 5.75. The highest BCUT2D eigenvalue weighted by Gasteiger charge is 2.30. The van der Waals surface area contributed by atoms with E-state index in [0.29, 0.717) is 12.5 Å². The van der Waals surface area contributed by atoms with Crippen molar-refractivity contribution in [1.82, 2.24) is 9.80 Å². The summed E-state index contributed by atoms with van der Waals surface area (Å²) >= 11 is 0. The molecule has 4 nitrogen and oxygen atoms in total. The number of hydrogen-bond acceptors (Lipinski definition) is 3. The number of rotatable bonds is 4. The van der Waals surface area contributed by atoms with Crippen molar-refractivity contribution in [3.05, 3.63) is 0 Å². The summed E-state index contributed by atoms with van der Waals surface area (Å²) in [5.74, 6) is 0.254. The molecule has 0 aliphatic carbocycles. The Morgan fingerprint density at radius 2 is 2.00 bits per heavy atom. The van der Waals surface area contributed by atoms with Gasteiger partial charge in [0.1, 0.15) is 0 Å². The molecule has 18 heavy (non-hydrogen) atoms. The fraction of sp³-hybridized carbons (Fsp3) is 0.929. The SMILES string of the molecule is CCC(N)CC(=O)N1CCC(N2CCCCC2)C1. The number of hydrogen-bond donors (Lipinski definition) is 1. The van der Waals surface area contributed by atoms with Crippen LogP contribution in [-0.2, 0) is 4.79 Å². The zero-order valence-electron chi connectivity index (χ0n) is 11.6. The lowest BCUT2D eigenvalue weighted by Gasteiger charge is -2.32. The van der Waals surface area contributed by atoms with Gasteiger partial charge in [0.05, 0.1) is 0 Å². The summed E-state index contributed by atoms with van der Waals surface area (Å²) in [7, 11) is 0. The van der Waals surface area contributed by atoms with Gasteiger partial charge in [-0.1, -0.05) is 13.3 Å². The van der Waals surface area contributed by atoms with E-state index in [2.05, 4.69) is 4.90 Å². The van der Waals surface area contributed by atoms with E-state index in [0.717, 1.165) is 25.9 Å². The van der Waals surface area contributed by atoms with Gasteiger partial charge in [0, 0.05) is 31.6 Å². The van der Waals surface area contributed by atoms with Gasteiger partial charge in [0.25, 0.3) is 0 Å². The number of nitrogens with zero attached hydrogens (tertiary/aromatic N) is 2. The lowest BCUT2D eigenvalue weighted by Crippen LogP contribution is -2.42. The summed E-state index contributed by atoms with van der Waals surface area (Å²) < 4.78 is 0. The molecule has 0 aromatic rings. The molecule has 0 spiro atoms. The molecule has 0 saturated carbocycles. The third kappa shape index (κ3) is 3.45. The van der Waals surface area contributed by atoms with Gasteiger partial charge in [-0.25, -0.2) is 0 Å². The Hall–Kier alpha value is -0.610. The first-order valence-electron chi connectivity index (χ1n) is 7.48. The number of amides is 1. The maximum absolute atomic E-state index is 12.1. The van der Waals surface area contributed by atoms with E-state index < -0.39 is 0 Å². The third-order valence-corrected chi connectivity index (χ3v) is 4.38. The average Bonchev–Trinajstić information content (AvgIpc) is 2.89. The molecule has 0 aromatic heterocycles. The molecule has 2 rings (SSSR count). The fourth-order valence-corrected chi connectivity index (χ4v) is 3.05. The van der Waals surface area contributed by atoms with E-state index in [1.54, 1.807) is 0 Å². The molecule has 0 radical (unpaired) electrons. The molecular formula is C14H27N3O. The fourth-order valence-electron chi connectivity index (χ4n) is 3.05. The largest absolute Gasteiger partial charge is 0.341 e. The Morgan fingerprint density at radius 3 is 2.67 bits per heavy atom. The van der Waals surface area contributed by atoms with Crippen LogP contribution >= 0.6 is 0 Å². The first-order valence-corrected chi connectivity index (χ1v) is 7.48. The number of nitrogens with two attached hydrogens (primary N) is 1. The van der Waals surface area contributed by atoms with Crippen molar-refractivity contribution in [3.63, 3.8) is 0 Å². The number of piperidine rings is 1. The first kappa shape index (κ1) is 13.8. The molecule has 2 N–H and O–H groups in total. The minimum atomic E-state index is 0.0338. The van der Waals surface area contributed by atoms with Gasteiger partial charge in [0.15, 0.2) is 0 Å². The van der Waals surface area contributed by atoms with Crippen LogP contribution in [0.15, 0.2) is 0 Å². The first-order chi connectivity index (χ1) is 8.70. The highest BCUT2D eigenvalue weighted by molar-refractivity contribution is 5.77. The number of likely N-dealkylation sites (tertiary alicyclic amines) is 2. The Balaban J connectivity index is 1.78. The molecule has 2 unspecified atom stereocenters. The predicted molar refractivity (Wildman–Crippen MR) is 73.3 cm³/mol. The summed E-state index contributed by atoms with van der Waals surface area (Å²) in [5, 5.41) is 0. The quantitative estimate of drug-likeness (QED) is 0.819. The standard InChI is InChI=1S/C14H27N3O/c1-2-12(15)10-14(18)17-9-6-13(11-17)16-7-4-3-5-8-16/h12-13H,2-11,15H2,1H3. The second kappa shape index (κ2) is 6.53. The van der Waals surface area contributed by atoms with Crippen LogP contribution in [0.5, 0.6) is 0 Å². The molecule has 4 heteroatoms. The maximum atomic E-state index is 12.1. The van der Waals surface area contributed by atoms with Gasteiger partial charge >= 0.3 is 0 Å². The molecule has 2 atom stereocenters. The van der Waals surface area contributed by atoms with E-state index in [1.807, 2.05) is 11.8 Å². The molecule has 2 heterocycles. The monoisotopic (exact) mass is 253 g/mol. The zero-order valence-corrected chi connectivity index (χ0v) is 11.6. The molecule has 2 fully saturated rings. The normalized spacial score (nSPS) is 27.4. The van der Waals surface area contributed by atoms with Gasteiger partial charge in [-0.15, -0.1) is 0 Å². The molecule has 0 bridgehead atoms. The minimum absolute atomic E-state index is 0.0338. The van der Waals surface area contributed by atoms with E-state index in [4.69, 9.17) is 5.73 Å². The number of carbonyl (C=O) groups is 1. The van der Waals surface area contributed by atoms with Crippen LogP contribution in [0.2, 0.25) is 0 Å². The van der Waals surface area contributed by atoms with E-state index in [9.17, 15) is 4.79 Å². The van der Waals surface area contributed by atoms with Crippen LogP contribution in [0.25, 0.3) is 0 Å². The third-order valence-electron chi connectivity index (χ3n) is 4.38. The van der Waals surface area contributed by atoms with Crippen molar-refractivity contribution in [2.45, 2.75) is 57.5 Å². The predicted octanol–water partition coefficient (Wildman–Crippen LogP) is 1.20. The highest BCUT2D eigenvalue weighted by Crippen LogP contribution is 2.20. The van der Waals surface area contributed by atoms with Crippen LogP contribution in [0, 0.1) is 0 Å². The molecule has 0 aromatic carbocycles. The maximum Gasteiger partial charge on any atom is 0.224 e. The Morgan fingerprint density at radius 1 is 1.28 bits per heavy atom. The van der Waals surface area contributed by atoms with Crippen molar-refractivity contribution >= 4 is 5.91 Å². The van der Waals surface area contributed by atoms with Gasteiger partial charge in [-0.3, -0.25) is 9.69 Å². The molecular weight excluding hydrogens is 226 g/mol. The van der Waals surface area contributed by atoms with Crippen molar-refractivity contribution in [2.75, 3.05) is 26.2 Å². The van der Waals surface area contributed by atoms with Crippen LogP contribution in [0.1, 0.15) is 45.4 Å². The molecule has 1 amide bonds. The van der Waals surface area contributed by atoms with Crippen molar-refractivity contribution in [3.8, 4) is 0 Å². The molecule has 2 aliphatic rings. The minimum Gasteiger partial charge on any atom is -0.341 e. The van der Waals surface area contributed by atoms with Crippen molar-refractivity contribution in [1.29, 1.82) is 0 Å². The smallest absolute Gasteiger partial charge is 0.224 e. The molecule has 104 valence electrons. The molecule has 2 aliphatic heterocycles. The average molecular weight is 253 g/mol. The van der Waals surface area contributed by atoms with Crippen LogP contribution < -0.4 is 5.73 Å². The van der Waals surface area contributed by atoms with Crippen LogP contribution in [-0.4, -0.2) is 54.0 Å². The second-order valence-corrected chi connectivity index (χ2v) is 5.75. The van der Waals surface area contributed by atoms with E-state index in [1.165, 1.54) is 32.4 Å². The van der Waals surface area contributed by atoms with Crippen LogP contribution in [0.4, 0.5) is 0 Å². The van der Waals surface area contributed by atoms with E-state index >= 15 is 0 Å². The summed E-state index contributed by atoms with van der Waals surface area (Å²) in [4.78, 5) is 16.7. The van der Waals surface area contributed by atoms with Gasteiger partial charge in [-0.05, 0) is 38.8 Å². The number of carbonyl (C=O) groups excluding carboxylic acids is 1. The lowest BCUT2D eigenvalue weighted by atomic mass is 10.1. The van der Waals surface area contributed by atoms with Gasteiger partial charge < -0.3 is 10.6 Å². The Kier molecular flexibility index (Phi) is 5.01. The summed E-state index contributed by atoms with van der Waals surface area (Å²) in [5.41, 5.74) is 5.86.